The Morgan fingerprint density at radius 2 is 1.62 bits per heavy atom. The van der Waals surface area contributed by atoms with Crippen LogP contribution in [0.4, 0.5) is 0 Å². The summed E-state index contributed by atoms with van der Waals surface area (Å²) >= 11 is 0. The van der Waals surface area contributed by atoms with Gasteiger partial charge in [0.05, 0.1) is 26.9 Å². The molecule has 0 bridgehead atoms. The molecule has 0 heterocycles. The van der Waals surface area contributed by atoms with E-state index in [1.165, 1.54) is 29.4 Å². The molecule has 1 aliphatic carbocycles. The van der Waals surface area contributed by atoms with Crippen LogP contribution in [-0.4, -0.2) is 27.3 Å². The predicted octanol–water partition coefficient (Wildman–Crippen LogP) is 5.84. The van der Waals surface area contributed by atoms with Crippen LogP contribution >= 0.6 is 0 Å². The van der Waals surface area contributed by atoms with Crippen LogP contribution in [0.3, 0.4) is 0 Å². The Labute approximate surface area is 188 Å². The van der Waals surface area contributed by atoms with E-state index in [9.17, 15) is 4.79 Å². The van der Waals surface area contributed by atoms with Crippen molar-refractivity contribution in [3.05, 3.63) is 100 Å². The topological polar surface area (TPSA) is 44.8 Å². The van der Waals surface area contributed by atoms with Gasteiger partial charge in [0.1, 0.15) is 11.5 Å². The van der Waals surface area contributed by atoms with Crippen LogP contribution in [0.1, 0.15) is 38.2 Å². The highest BCUT2D eigenvalue weighted by molar-refractivity contribution is 5.90. The number of hydrogen-bond acceptors (Lipinski definition) is 4. The van der Waals surface area contributed by atoms with E-state index in [2.05, 4.69) is 48.6 Å². The van der Waals surface area contributed by atoms with E-state index in [1.807, 2.05) is 18.2 Å². The second-order valence-electron chi connectivity index (χ2n) is 7.66. The normalized spacial score (nSPS) is 12.4. The number of rotatable bonds is 7. The molecule has 0 saturated heterocycles. The number of allylic oxidation sites excluding steroid dienone is 2. The first-order valence-corrected chi connectivity index (χ1v) is 10.5. The Hall–Kier alpha value is -3.79. The molecule has 4 nitrogen and oxygen atoms in total. The first-order valence-electron chi connectivity index (χ1n) is 10.5. The van der Waals surface area contributed by atoms with Gasteiger partial charge in [0.15, 0.2) is 0 Å². The summed E-state index contributed by atoms with van der Waals surface area (Å²) in [5.41, 5.74) is 7.82. The van der Waals surface area contributed by atoms with E-state index in [0.29, 0.717) is 5.56 Å². The number of fused-ring (bicyclic) bond motifs is 1. The van der Waals surface area contributed by atoms with Gasteiger partial charge in [-0.25, -0.2) is 4.79 Å². The van der Waals surface area contributed by atoms with Crippen LogP contribution in [0.15, 0.2) is 66.7 Å². The monoisotopic (exact) mass is 426 g/mol. The summed E-state index contributed by atoms with van der Waals surface area (Å²) in [6.45, 7) is 0. The highest BCUT2D eigenvalue weighted by atomic mass is 16.5. The fourth-order valence-electron chi connectivity index (χ4n) is 4.04. The lowest BCUT2D eigenvalue weighted by molar-refractivity contribution is 0.0600. The van der Waals surface area contributed by atoms with E-state index in [-0.39, 0.29) is 5.97 Å². The van der Waals surface area contributed by atoms with Gasteiger partial charge in [-0.1, -0.05) is 48.6 Å². The zero-order chi connectivity index (χ0) is 22.5. The molecule has 0 aliphatic heterocycles. The van der Waals surface area contributed by atoms with E-state index in [4.69, 9.17) is 14.2 Å². The minimum atomic E-state index is -0.328. The van der Waals surface area contributed by atoms with Crippen LogP contribution in [-0.2, 0) is 17.6 Å². The number of methoxy groups -OCH3 is 3. The summed E-state index contributed by atoms with van der Waals surface area (Å²) < 4.78 is 15.6. The summed E-state index contributed by atoms with van der Waals surface area (Å²) in [7, 11) is 4.73. The molecule has 0 unspecified atom stereocenters. The predicted molar refractivity (Wildman–Crippen MR) is 128 cm³/mol. The van der Waals surface area contributed by atoms with Crippen molar-refractivity contribution >= 4 is 23.7 Å². The molecule has 0 radical (unpaired) electrons. The fourth-order valence-corrected chi connectivity index (χ4v) is 4.04. The zero-order valence-electron chi connectivity index (χ0n) is 18.6. The lowest BCUT2D eigenvalue weighted by Gasteiger charge is -2.12. The van der Waals surface area contributed by atoms with Crippen LogP contribution in [0.2, 0.25) is 0 Å². The van der Waals surface area contributed by atoms with E-state index < -0.39 is 0 Å². The van der Waals surface area contributed by atoms with E-state index in [0.717, 1.165) is 35.5 Å². The summed E-state index contributed by atoms with van der Waals surface area (Å²) in [6, 6.07) is 19.8. The molecular formula is C28H26O4. The third kappa shape index (κ3) is 4.59. The summed E-state index contributed by atoms with van der Waals surface area (Å²) in [5, 5.41) is 0. The summed E-state index contributed by atoms with van der Waals surface area (Å²) in [5.74, 6) is 1.26. The molecule has 0 spiro atoms. The number of hydrogen-bond donors (Lipinski definition) is 0. The molecule has 0 atom stereocenters. The first kappa shape index (κ1) is 21.4. The maximum atomic E-state index is 11.6. The largest absolute Gasteiger partial charge is 0.497 e. The Balaban J connectivity index is 1.59. The Morgan fingerprint density at radius 3 is 2.28 bits per heavy atom. The second-order valence-corrected chi connectivity index (χ2v) is 7.66. The van der Waals surface area contributed by atoms with Crippen molar-refractivity contribution < 1.29 is 19.0 Å². The fraction of sp³-hybridized carbons (Fsp3) is 0.179. The van der Waals surface area contributed by atoms with Crippen molar-refractivity contribution in [2.45, 2.75) is 12.8 Å². The number of carbonyl (C=O) groups excluding carboxylic acids is 1. The van der Waals surface area contributed by atoms with Crippen LogP contribution in [0.5, 0.6) is 11.5 Å². The summed E-state index contributed by atoms with van der Waals surface area (Å²) in [4.78, 5) is 11.6. The van der Waals surface area contributed by atoms with Crippen molar-refractivity contribution in [3.63, 3.8) is 0 Å². The Kier molecular flexibility index (Phi) is 6.41. The molecule has 3 aromatic rings. The van der Waals surface area contributed by atoms with Gasteiger partial charge in [-0.2, -0.15) is 0 Å². The third-order valence-electron chi connectivity index (χ3n) is 5.67. The van der Waals surface area contributed by atoms with Crippen molar-refractivity contribution in [2.75, 3.05) is 21.3 Å². The molecule has 1 aliphatic rings. The number of ether oxygens (including phenoxy) is 3. The van der Waals surface area contributed by atoms with Gasteiger partial charge >= 0.3 is 5.97 Å². The minimum Gasteiger partial charge on any atom is -0.497 e. The van der Waals surface area contributed by atoms with Gasteiger partial charge in [-0.3, -0.25) is 0 Å². The van der Waals surface area contributed by atoms with Gasteiger partial charge in [0.2, 0.25) is 0 Å². The molecule has 32 heavy (non-hydrogen) atoms. The third-order valence-corrected chi connectivity index (χ3v) is 5.67. The van der Waals surface area contributed by atoms with Crippen molar-refractivity contribution in [1.29, 1.82) is 0 Å². The van der Waals surface area contributed by atoms with Gasteiger partial charge < -0.3 is 14.2 Å². The molecular weight excluding hydrogens is 400 g/mol. The molecule has 0 aromatic heterocycles. The van der Waals surface area contributed by atoms with E-state index in [1.54, 1.807) is 26.4 Å². The van der Waals surface area contributed by atoms with Crippen molar-refractivity contribution in [1.82, 2.24) is 0 Å². The second kappa shape index (κ2) is 9.56. The van der Waals surface area contributed by atoms with Gasteiger partial charge in [0.25, 0.3) is 0 Å². The molecule has 0 N–H and O–H groups in total. The SMILES string of the molecule is COC(=O)c1ccc(C=Cc2cccc3c2C(Cc2cc(OC)cc(OC)c2)=CC3)cc1. The standard InChI is InChI=1S/C28H26O4/c1-30-25-16-20(17-26(18-25)31-2)15-24-14-13-22-6-4-5-21(27(22)24)10-7-19-8-11-23(12-9-19)28(29)32-3/h4-12,14,16-18H,13,15H2,1-3H3. The number of carbonyl (C=O) groups is 1. The molecule has 0 saturated carbocycles. The highest BCUT2D eigenvalue weighted by Gasteiger charge is 2.18. The molecule has 4 rings (SSSR count). The smallest absolute Gasteiger partial charge is 0.337 e. The molecule has 4 heteroatoms. The number of esters is 1. The van der Waals surface area contributed by atoms with Gasteiger partial charge in [0, 0.05) is 6.07 Å². The number of benzene rings is 3. The van der Waals surface area contributed by atoms with Crippen LogP contribution in [0.25, 0.3) is 17.7 Å². The summed E-state index contributed by atoms with van der Waals surface area (Å²) in [6.07, 6.45) is 8.25. The molecule has 0 amide bonds. The lowest BCUT2D eigenvalue weighted by Crippen LogP contribution is -2.00. The molecule has 162 valence electrons. The quantitative estimate of drug-likeness (QED) is 0.352. The minimum absolute atomic E-state index is 0.328. The average molecular weight is 427 g/mol. The zero-order valence-corrected chi connectivity index (χ0v) is 18.6. The van der Waals surface area contributed by atoms with E-state index >= 15 is 0 Å². The average Bonchev–Trinajstić information content (AvgIpc) is 3.25. The first-order chi connectivity index (χ1) is 15.6. The van der Waals surface area contributed by atoms with Crippen molar-refractivity contribution in [2.24, 2.45) is 0 Å². The van der Waals surface area contributed by atoms with Crippen LogP contribution in [0, 0.1) is 0 Å². The maximum Gasteiger partial charge on any atom is 0.337 e. The Bertz CT molecular complexity index is 1160. The van der Waals surface area contributed by atoms with Crippen molar-refractivity contribution in [3.8, 4) is 11.5 Å². The maximum absolute atomic E-state index is 11.6. The van der Waals surface area contributed by atoms with Crippen LogP contribution < -0.4 is 9.47 Å². The molecule has 0 fully saturated rings. The lowest BCUT2D eigenvalue weighted by atomic mass is 9.94. The highest BCUT2D eigenvalue weighted by Crippen LogP contribution is 2.35. The Morgan fingerprint density at radius 1 is 0.906 bits per heavy atom. The van der Waals surface area contributed by atoms with Gasteiger partial charge in [-0.15, -0.1) is 0 Å². The van der Waals surface area contributed by atoms with Gasteiger partial charge in [-0.05, 0) is 70.5 Å². The molecule has 3 aromatic carbocycles.